The second-order valence-electron chi connectivity index (χ2n) is 7.96. The van der Waals surface area contributed by atoms with Crippen molar-refractivity contribution < 1.29 is 4.79 Å². The van der Waals surface area contributed by atoms with Crippen molar-refractivity contribution in [3.63, 3.8) is 0 Å². The summed E-state index contributed by atoms with van der Waals surface area (Å²) in [6.07, 6.45) is 5.31. The lowest BCUT2D eigenvalue weighted by Gasteiger charge is -2.35. The third-order valence-electron chi connectivity index (χ3n) is 5.87. The fourth-order valence-corrected chi connectivity index (χ4v) is 4.18. The van der Waals surface area contributed by atoms with Crippen molar-refractivity contribution in [2.75, 3.05) is 31.5 Å². The Bertz CT molecular complexity index is 570. The van der Waals surface area contributed by atoms with E-state index in [2.05, 4.69) is 53.6 Å². The summed E-state index contributed by atoms with van der Waals surface area (Å²) in [5, 5.41) is 7.10. The van der Waals surface area contributed by atoms with E-state index in [0.29, 0.717) is 30.2 Å². The number of aryl methyl sites for hydroxylation is 1. The average Bonchev–Trinajstić information content (AvgIpc) is 2.63. The van der Waals surface area contributed by atoms with Crippen LogP contribution in [-0.2, 0) is 4.79 Å². The lowest BCUT2D eigenvalue weighted by Crippen LogP contribution is -2.43. The number of rotatable bonds is 5. The molecule has 2 atom stereocenters. The molecule has 0 aliphatic carbocycles. The molecule has 0 aromatic heterocycles. The molecular formula is C21H35Cl2N3O. The minimum Gasteiger partial charge on any atom is -0.382 e. The first-order valence-corrected chi connectivity index (χ1v) is 9.93. The van der Waals surface area contributed by atoms with Crippen molar-refractivity contribution in [2.24, 2.45) is 11.8 Å². The number of piperidine rings is 2. The van der Waals surface area contributed by atoms with Crippen LogP contribution in [0.4, 0.5) is 5.69 Å². The number of carbonyl (C=O) groups is 1. The van der Waals surface area contributed by atoms with Gasteiger partial charge in [-0.25, -0.2) is 0 Å². The van der Waals surface area contributed by atoms with Crippen LogP contribution in [0.1, 0.15) is 44.6 Å². The van der Waals surface area contributed by atoms with Crippen LogP contribution in [0.2, 0.25) is 0 Å². The summed E-state index contributed by atoms with van der Waals surface area (Å²) < 4.78 is 0. The van der Waals surface area contributed by atoms with Crippen LogP contribution < -0.4 is 10.6 Å². The van der Waals surface area contributed by atoms with Crippen LogP contribution in [0.25, 0.3) is 0 Å². The SMILES string of the molecule is Cc1cccc(NC2CCN(C(=O)CC(C)C3CCCNC3)CC2)c1.Cl.Cl. The average molecular weight is 416 g/mol. The Labute approximate surface area is 176 Å². The molecule has 2 aliphatic heterocycles. The molecule has 2 unspecified atom stereocenters. The van der Waals surface area contributed by atoms with Gasteiger partial charge in [-0.2, -0.15) is 0 Å². The molecule has 27 heavy (non-hydrogen) atoms. The Kier molecular flexibility index (Phi) is 10.5. The number of anilines is 1. The van der Waals surface area contributed by atoms with Crippen molar-refractivity contribution in [3.8, 4) is 0 Å². The van der Waals surface area contributed by atoms with Gasteiger partial charge in [0.05, 0.1) is 0 Å². The summed E-state index contributed by atoms with van der Waals surface area (Å²) >= 11 is 0. The van der Waals surface area contributed by atoms with Gasteiger partial charge in [-0.05, 0) is 75.2 Å². The maximum Gasteiger partial charge on any atom is 0.222 e. The summed E-state index contributed by atoms with van der Waals surface area (Å²) in [6, 6.07) is 9.01. The molecule has 6 heteroatoms. The number of hydrogen-bond donors (Lipinski definition) is 2. The number of likely N-dealkylation sites (tertiary alicyclic amines) is 1. The minimum atomic E-state index is 0. The number of hydrogen-bond acceptors (Lipinski definition) is 3. The smallest absolute Gasteiger partial charge is 0.222 e. The van der Waals surface area contributed by atoms with Crippen molar-refractivity contribution in [3.05, 3.63) is 29.8 Å². The second-order valence-corrected chi connectivity index (χ2v) is 7.96. The van der Waals surface area contributed by atoms with E-state index in [1.165, 1.54) is 24.1 Å². The van der Waals surface area contributed by atoms with Crippen LogP contribution in [0, 0.1) is 18.8 Å². The van der Waals surface area contributed by atoms with E-state index >= 15 is 0 Å². The van der Waals surface area contributed by atoms with Crippen LogP contribution >= 0.6 is 24.8 Å². The Balaban J connectivity index is 0.00000182. The van der Waals surface area contributed by atoms with Crippen molar-refractivity contribution in [1.82, 2.24) is 10.2 Å². The van der Waals surface area contributed by atoms with Gasteiger partial charge in [0.2, 0.25) is 5.91 Å². The van der Waals surface area contributed by atoms with E-state index in [4.69, 9.17) is 0 Å². The molecular weight excluding hydrogens is 381 g/mol. The molecule has 1 aromatic rings. The molecule has 2 saturated heterocycles. The topological polar surface area (TPSA) is 44.4 Å². The van der Waals surface area contributed by atoms with Gasteiger partial charge in [0, 0.05) is 31.2 Å². The summed E-state index contributed by atoms with van der Waals surface area (Å²) in [5.74, 6) is 1.51. The van der Waals surface area contributed by atoms with Gasteiger partial charge in [-0.3, -0.25) is 4.79 Å². The van der Waals surface area contributed by atoms with Crippen LogP contribution in [0.3, 0.4) is 0 Å². The normalized spacial score (nSPS) is 21.6. The van der Waals surface area contributed by atoms with E-state index in [1.807, 2.05) is 0 Å². The standard InChI is InChI=1S/C21H33N3O.2ClH/c1-16-5-3-7-20(13-16)23-19-8-11-24(12-9-19)21(25)14-17(2)18-6-4-10-22-15-18;;/h3,5,7,13,17-19,22-23H,4,6,8-12,14-15H2,1-2H3;2*1H. The zero-order valence-electron chi connectivity index (χ0n) is 16.6. The maximum atomic E-state index is 12.6. The molecule has 0 bridgehead atoms. The van der Waals surface area contributed by atoms with Crippen LogP contribution in [-0.4, -0.2) is 43.0 Å². The summed E-state index contributed by atoms with van der Waals surface area (Å²) in [4.78, 5) is 14.7. The fraction of sp³-hybridized carbons (Fsp3) is 0.667. The van der Waals surface area contributed by atoms with Crippen LogP contribution in [0.15, 0.2) is 24.3 Å². The summed E-state index contributed by atoms with van der Waals surface area (Å²) in [7, 11) is 0. The van der Waals surface area contributed by atoms with Crippen molar-refractivity contribution >= 4 is 36.4 Å². The summed E-state index contributed by atoms with van der Waals surface area (Å²) in [6.45, 7) is 8.36. The van der Waals surface area contributed by atoms with Crippen LogP contribution in [0.5, 0.6) is 0 Å². The Morgan fingerprint density at radius 1 is 1.26 bits per heavy atom. The van der Waals surface area contributed by atoms with Gasteiger partial charge in [-0.1, -0.05) is 19.1 Å². The molecule has 2 heterocycles. The lowest BCUT2D eigenvalue weighted by molar-refractivity contribution is -0.133. The largest absolute Gasteiger partial charge is 0.382 e. The molecule has 0 radical (unpaired) electrons. The minimum absolute atomic E-state index is 0. The number of halogens is 2. The fourth-order valence-electron chi connectivity index (χ4n) is 4.18. The predicted molar refractivity (Wildman–Crippen MR) is 118 cm³/mol. The first-order valence-electron chi connectivity index (χ1n) is 9.93. The van der Waals surface area contributed by atoms with Crippen molar-refractivity contribution in [2.45, 2.75) is 52.0 Å². The maximum absolute atomic E-state index is 12.6. The van der Waals surface area contributed by atoms with Gasteiger partial charge in [0.1, 0.15) is 0 Å². The molecule has 0 saturated carbocycles. The highest BCUT2D eigenvalue weighted by Crippen LogP contribution is 2.24. The van der Waals surface area contributed by atoms with E-state index in [0.717, 1.165) is 39.0 Å². The lowest BCUT2D eigenvalue weighted by atomic mass is 9.85. The molecule has 3 rings (SSSR count). The predicted octanol–water partition coefficient (Wildman–Crippen LogP) is 4.27. The monoisotopic (exact) mass is 415 g/mol. The third kappa shape index (κ3) is 7.17. The van der Waals surface area contributed by atoms with Crippen molar-refractivity contribution in [1.29, 1.82) is 0 Å². The first-order chi connectivity index (χ1) is 12.1. The molecule has 1 aromatic carbocycles. The number of nitrogens with zero attached hydrogens (tertiary/aromatic N) is 1. The quantitative estimate of drug-likeness (QED) is 0.754. The highest BCUT2D eigenvalue weighted by atomic mass is 35.5. The number of benzene rings is 1. The highest BCUT2D eigenvalue weighted by molar-refractivity contribution is 5.85. The Morgan fingerprint density at radius 2 is 2.00 bits per heavy atom. The van der Waals surface area contributed by atoms with Gasteiger partial charge < -0.3 is 15.5 Å². The molecule has 0 spiro atoms. The molecule has 2 aliphatic rings. The zero-order chi connectivity index (χ0) is 17.6. The molecule has 2 fully saturated rings. The zero-order valence-corrected chi connectivity index (χ0v) is 18.2. The molecule has 4 nitrogen and oxygen atoms in total. The van der Waals surface area contributed by atoms with E-state index in [1.54, 1.807) is 0 Å². The number of amides is 1. The second kappa shape index (κ2) is 11.8. The highest BCUT2D eigenvalue weighted by Gasteiger charge is 2.27. The number of nitrogens with one attached hydrogen (secondary N) is 2. The van der Waals surface area contributed by atoms with Gasteiger partial charge in [0.25, 0.3) is 0 Å². The Hall–Kier alpha value is -0.970. The molecule has 2 N–H and O–H groups in total. The molecule has 154 valence electrons. The Morgan fingerprint density at radius 3 is 2.63 bits per heavy atom. The van der Waals surface area contributed by atoms with E-state index in [9.17, 15) is 4.79 Å². The third-order valence-corrected chi connectivity index (χ3v) is 5.87. The first kappa shape index (κ1) is 24.1. The summed E-state index contributed by atoms with van der Waals surface area (Å²) in [5.41, 5.74) is 2.48. The number of carbonyl (C=O) groups excluding carboxylic acids is 1. The van der Waals surface area contributed by atoms with Gasteiger partial charge in [-0.15, -0.1) is 24.8 Å². The van der Waals surface area contributed by atoms with E-state index in [-0.39, 0.29) is 24.8 Å². The van der Waals surface area contributed by atoms with Gasteiger partial charge in [0.15, 0.2) is 0 Å². The van der Waals surface area contributed by atoms with E-state index < -0.39 is 0 Å². The molecule has 1 amide bonds. The van der Waals surface area contributed by atoms with Gasteiger partial charge >= 0.3 is 0 Å².